The van der Waals surface area contributed by atoms with Crippen LogP contribution in [0.2, 0.25) is 0 Å². The lowest BCUT2D eigenvalue weighted by atomic mass is 9.60. The number of hydrogen-bond acceptors (Lipinski definition) is 4. The number of hydrogen-bond donors (Lipinski definition) is 0. The van der Waals surface area contributed by atoms with Crippen LogP contribution < -0.4 is 9.80 Å². The van der Waals surface area contributed by atoms with E-state index >= 15 is 0 Å². The summed E-state index contributed by atoms with van der Waals surface area (Å²) in [4.78, 5) is 7.92. The first-order chi connectivity index (χ1) is 16.0. The molecule has 1 aromatic rings. The molecule has 200 valence electrons. The molecule has 0 aromatic heterocycles. The molecule has 0 N–H and O–H groups in total. The van der Waals surface area contributed by atoms with Gasteiger partial charge in [0.25, 0.3) is 0 Å². The molecule has 2 heterocycles. The summed E-state index contributed by atoms with van der Waals surface area (Å²) in [6.45, 7) is 24.6. The topological polar surface area (TPSA) is 19.0 Å². The minimum absolute atomic E-state index is 0. The molecule has 1 aliphatic carbocycles. The molecule has 4 rings (SSSR count). The minimum atomic E-state index is 0. The van der Waals surface area contributed by atoms with Crippen LogP contribution in [0, 0.1) is 10.8 Å². The van der Waals surface area contributed by atoms with Crippen molar-refractivity contribution in [2.75, 3.05) is 55.6 Å². The van der Waals surface area contributed by atoms with Gasteiger partial charge < -0.3 is 14.5 Å². The third-order valence-corrected chi connectivity index (χ3v) is 8.33. The van der Waals surface area contributed by atoms with E-state index < -0.39 is 0 Å². The van der Waals surface area contributed by atoms with Gasteiger partial charge in [-0.2, -0.15) is 0 Å². The zero-order valence-electron chi connectivity index (χ0n) is 23.6. The Morgan fingerprint density at radius 2 is 1.49 bits per heavy atom. The quantitative estimate of drug-likeness (QED) is 0.415. The molecule has 0 radical (unpaired) electrons. The van der Waals surface area contributed by atoms with Crippen molar-refractivity contribution in [1.82, 2.24) is 4.90 Å². The van der Waals surface area contributed by atoms with Crippen molar-refractivity contribution >= 4 is 23.8 Å². The summed E-state index contributed by atoms with van der Waals surface area (Å²) in [5.41, 5.74) is 5.28. The maximum Gasteiger partial charge on any atom is 0.0726 e. The van der Waals surface area contributed by atoms with E-state index in [-0.39, 0.29) is 24.6 Å². The molecule has 0 spiro atoms. The van der Waals surface area contributed by atoms with E-state index in [1.165, 1.54) is 63.1 Å². The second-order valence-electron chi connectivity index (χ2n) is 13.2. The summed E-state index contributed by atoms with van der Waals surface area (Å²) in [6, 6.07) is 7.43. The Labute approximate surface area is 222 Å². The molecule has 2 saturated heterocycles. The number of piperazine rings is 1. The number of nitrogens with zero attached hydrogens (tertiary/aromatic N) is 3. The van der Waals surface area contributed by atoms with Crippen molar-refractivity contribution in [3.63, 3.8) is 0 Å². The zero-order chi connectivity index (χ0) is 24.5. The fraction of sp³-hybridized carbons (Fsp3) is 0.800. The van der Waals surface area contributed by atoms with E-state index in [1.807, 2.05) is 0 Å². The van der Waals surface area contributed by atoms with Crippen LogP contribution >= 0.6 is 12.4 Å². The zero-order valence-corrected chi connectivity index (χ0v) is 24.4. The molecule has 3 fully saturated rings. The number of anilines is 2. The van der Waals surface area contributed by atoms with Gasteiger partial charge in [-0.1, -0.05) is 41.0 Å². The lowest BCUT2D eigenvalue weighted by molar-refractivity contribution is -0.00522. The smallest absolute Gasteiger partial charge is 0.0726 e. The molecule has 4 nitrogen and oxygen atoms in total. The average Bonchev–Trinajstić information content (AvgIpc) is 2.75. The van der Waals surface area contributed by atoms with Crippen LogP contribution in [0.1, 0.15) is 92.1 Å². The molecule has 2 atom stereocenters. The van der Waals surface area contributed by atoms with Crippen LogP contribution in [-0.2, 0) is 4.74 Å². The van der Waals surface area contributed by atoms with E-state index in [0.717, 1.165) is 26.2 Å². The lowest BCUT2D eigenvalue weighted by Gasteiger charge is -2.47. The van der Waals surface area contributed by atoms with Gasteiger partial charge in [-0.05, 0) is 86.6 Å². The fourth-order valence-corrected chi connectivity index (χ4v) is 7.40. The fourth-order valence-electron chi connectivity index (χ4n) is 7.40. The highest BCUT2D eigenvalue weighted by Gasteiger charge is 2.40. The first kappa shape index (κ1) is 28.6. The van der Waals surface area contributed by atoms with E-state index in [2.05, 4.69) is 81.4 Å². The van der Waals surface area contributed by atoms with Gasteiger partial charge in [-0.25, -0.2) is 0 Å². The van der Waals surface area contributed by atoms with Crippen LogP contribution in [0.15, 0.2) is 18.2 Å². The highest BCUT2D eigenvalue weighted by molar-refractivity contribution is 5.85. The summed E-state index contributed by atoms with van der Waals surface area (Å²) in [5, 5.41) is 0. The van der Waals surface area contributed by atoms with Gasteiger partial charge in [-0.3, -0.25) is 4.90 Å². The number of morpholine rings is 1. The molecule has 2 unspecified atom stereocenters. The van der Waals surface area contributed by atoms with Gasteiger partial charge in [0.2, 0.25) is 0 Å². The van der Waals surface area contributed by atoms with Crippen LogP contribution in [0.25, 0.3) is 0 Å². The number of unbranched alkanes of at least 4 members (excludes halogenated alkanes) is 1. The highest BCUT2D eigenvalue weighted by Crippen LogP contribution is 2.53. The second kappa shape index (κ2) is 11.6. The molecule has 2 aliphatic heterocycles. The van der Waals surface area contributed by atoms with Crippen molar-refractivity contribution in [2.24, 2.45) is 10.8 Å². The van der Waals surface area contributed by atoms with Crippen molar-refractivity contribution in [3.05, 3.63) is 23.8 Å². The Hall–Kier alpha value is -0.970. The van der Waals surface area contributed by atoms with Crippen molar-refractivity contribution in [1.29, 1.82) is 0 Å². The van der Waals surface area contributed by atoms with E-state index in [4.69, 9.17) is 4.74 Å². The van der Waals surface area contributed by atoms with Gasteiger partial charge in [-0.15, -0.1) is 12.4 Å². The normalized spacial score (nSPS) is 27.5. The standard InChI is InChI=1S/C30H51N3O.ClH/c1-8-9-12-31-13-15-32(16-14-31)28-11-10-26(33-20-23(2)34-24(3)21-33)17-27(28)25-18-29(4,5)22-30(6,7)19-25;/h10-11,17,23-25H,8-9,12-16,18-22H2,1-7H3;1H. The summed E-state index contributed by atoms with van der Waals surface area (Å²) in [6.07, 6.45) is 7.09. The number of benzene rings is 1. The minimum Gasteiger partial charge on any atom is -0.372 e. The Morgan fingerprint density at radius 3 is 2.06 bits per heavy atom. The number of ether oxygens (including phenoxy) is 1. The average molecular weight is 506 g/mol. The largest absolute Gasteiger partial charge is 0.372 e. The summed E-state index contributed by atoms with van der Waals surface area (Å²) in [5.74, 6) is 0.628. The van der Waals surface area contributed by atoms with E-state index in [9.17, 15) is 0 Å². The van der Waals surface area contributed by atoms with Crippen molar-refractivity contribution in [3.8, 4) is 0 Å². The van der Waals surface area contributed by atoms with Gasteiger partial charge >= 0.3 is 0 Å². The van der Waals surface area contributed by atoms with Crippen molar-refractivity contribution in [2.45, 2.75) is 98.7 Å². The molecule has 5 heteroatoms. The van der Waals surface area contributed by atoms with E-state index in [1.54, 1.807) is 5.56 Å². The highest BCUT2D eigenvalue weighted by atomic mass is 35.5. The SMILES string of the molecule is CCCCN1CCN(c2ccc(N3CC(C)OC(C)C3)cc2C2CC(C)(C)CC(C)(C)C2)CC1.Cl. The van der Waals surface area contributed by atoms with Crippen LogP contribution in [0.5, 0.6) is 0 Å². The predicted octanol–water partition coefficient (Wildman–Crippen LogP) is 6.96. The predicted molar refractivity (Wildman–Crippen MR) is 154 cm³/mol. The molecule has 3 aliphatic rings. The van der Waals surface area contributed by atoms with Gasteiger partial charge in [0, 0.05) is 50.6 Å². The monoisotopic (exact) mass is 505 g/mol. The Morgan fingerprint density at radius 1 is 0.886 bits per heavy atom. The third-order valence-electron chi connectivity index (χ3n) is 8.33. The van der Waals surface area contributed by atoms with Crippen molar-refractivity contribution < 1.29 is 4.74 Å². The molecule has 1 aromatic carbocycles. The molecule has 0 amide bonds. The summed E-state index contributed by atoms with van der Waals surface area (Å²) in [7, 11) is 0. The van der Waals surface area contributed by atoms with Crippen LogP contribution in [0.3, 0.4) is 0 Å². The first-order valence-electron chi connectivity index (χ1n) is 14.1. The van der Waals surface area contributed by atoms with Crippen LogP contribution in [-0.4, -0.2) is 62.9 Å². The maximum absolute atomic E-state index is 6.04. The number of halogens is 1. The molecule has 1 saturated carbocycles. The van der Waals surface area contributed by atoms with E-state index in [0.29, 0.717) is 16.7 Å². The van der Waals surface area contributed by atoms with Gasteiger partial charge in [0.05, 0.1) is 12.2 Å². The first-order valence-corrected chi connectivity index (χ1v) is 14.1. The van der Waals surface area contributed by atoms with Gasteiger partial charge in [0.1, 0.15) is 0 Å². The molecule has 0 bridgehead atoms. The van der Waals surface area contributed by atoms with Crippen LogP contribution in [0.4, 0.5) is 11.4 Å². The maximum atomic E-state index is 6.04. The molecule has 35 heavy (non-hydrogen) atoms. The summed E-state index contributed by atoms with van der Waals surface area (Å²) < 4.78 is 6.04. The molecular weight excluding hydrogens is 454 g/mol. The summed E-state index contributed by atoms with van der Waals surface area (Å²) >= 11 is 0. The Kier molecular flexibility index (Phi) is 9.48. The Balaban J connectivity index is 0.00000342. The Bertz CT molecular complexity index is 792. The second-order valence-corrected chi connectivity index (χ2v) is 13.2. The van der Waals surface area contributed by atoms with Gasteiger partial charge in [0.15, 0.2) is 0 Å². The lowest BCUT2D eigenvalue weighted by Crippen LogP contribution is -2.47. The molecular formula is C30H52ClN3O. The third kappa shape index (κ3) is 7.29. The number of rotatable bonds is 6.